The molecule has 0 saturated carbocycles. The number of hydrogen-bond donors (Lipinski definition) is 1. The molecule has 1 aliphatic heterocycles. The summed E-state index contributed by atoms with van der Waals surface area (Å²) in [5.74, 6) is 0. The lowest BCUT2D eigenvalue weighted by atomic mass is 10.1. The van der Waals surface area contributed by atoms with E-state index in [-0.39, 0.29) is 6.04 Å². The third-order valence-electron chi connectivity index (χ3n) is 2.90. The van der Waals surface area contributed by atoms with Crippen LogP contribution in [0.2, 0.25) is 0 Å². The Labute approximate surface area is 80.7 Å². The zero-order chi connectivity index (χ0) is 9.68. The molecule has 0 bridgehead atoms. The van der Waals surface area contributed by atoms with E-state index in [4.69, 9.17) is 5.26 Å². The molecule has 1 N–H and O–H groups in total. The fraction of sp³-hybridized carbons (Fsp3) is 0.900. The van der Waals surface area contributed by atoms with Gasteiger partial charge in [0.05, 0.1) is 6.07 Å². The van der Waals surface area contributed by atoms with Gasteiger partial charge in [0.2, 0.25) is 0 Å². The summed E-state index contributed by atoms with van der Waals surface area (Å²) in [5, 5.41) is 11.9. The quantitative estimate of drug-likeness (QED) is 0.705. The summed E-state index contributed by atoms with van der Waals surface area (Å²) in [6, 6.07) is 2.61. The fourth-order valence-corrected chi connectivity index (χ4v) is 1.95. The minimum atomic E-state index is -0.0295. The van der Waals surface area contributed by atoms with Crippen LogP contribution in [0.25, 0.3) is 0 Å². The maximum Gasteiger partial charge on any atom is 0.110 e. The molecule has 3 nitrogen and oxygen atoms in total. The highest BCUT2D eigenvalue weighted by Gasteiger charge is 2.22. The predicted molar refractivity (Wildman–Crippen MR) is 53.3 cm³/mol. The van der Waals surface area contributed by atoms with E-state index in [0.29, 0.717) is 6.04 Å². The largest absolute Gasteiger partial charge is 0.304 e. The standard InChI is InChI=1S/C10H19N3/c1-9(10(8-11)12-2)13-6-4-3-5-7-13/h9-10,12H,3-7H2,1-2H3. The molecular formula is C10H19N3. The maximum absolute atomic E-state index is 8.89. The van der Waals surface area contributed by atoms with Crippen LogP contribution in [0.4, 0.5) is 0 Å². The van der Waals surface area contributed by atoms with Crippen LogP contribution in [-0.2, 0) is 0 Å². The molecule has 1 heterocycles. The van der Waals surface area contributed by atoms with Gasteiger partial charge < -0.3 is 5.32 Å². The van der Waals surface area contributed by atoms with E-state index >= 15 is 0 Å². The van der Waals surface area contributed by atoms with Gasteiger partial charge in [-0.15, -0.1) is 0 Å². The molecule has 1 rings (SSSR count). The summed E-state index contributed by atoms with van der Waals surface area (Å²) in [7, 11) is 1.86. The van der Waals surface area contributed by atoms with Crippen LogP contribution in [-0.4, -0.2) is 37.1 Å². The molecular weight excluding hydrogens is 162 g/mol. The number of likely N-dealkylation sites (N-methyl/N-ethyl adjacent to an activating group) is 1. The van der Waals surface area contributed by atoms with Crippen LogP contribution < -0.4 is 5.32 Å². The number of hydrogen-bond acceptors (Lipinski definition) is 3. The number of rotatable bonds is 3. The molecule has 0 amide bonds. The average Bonchev–Trinajstić information content (AvgIpc) is 2.21. The van der Waals surface area contributed by atoms with E-state index in [1.54, 1.807) is 0 Å². The van der Waals surface area contributed by atoms with Crippen LogP contribution in [0, 0.1) is 11.3 Å². The molecule has 0 aromatic carbocycles. The molecule has 1 aliphatic rings. The highest BCUT2D eigenvalue weighted by molar-refractivity contribution is 4.97. The van der Waals surface area contributed by atoms with Gasteiger partial charge in [-0.1, -0.05) is 6.42 Å². The number of likely N-dealkylation sites (tertiary alicyclic amines) is 1. The lowest BCUT2D eigenvalue weighted by Crippen LogP contribution is -2.48. The van der Waals surface area contributed by atoms with Gasteiger partial charge in [0.25, 0.3) is 0 Å². The summed E-state index contributed by atoms with van der Waals surface area (Å²) in [4.78, 5) is 2.41. The molecule has 13 heavy (non-hydrogen) atoms. The lowest BCUT2D eigenvalue weighted by molar-refractivity contribution is 0.158. The van der Waals surface area contributed by atoms with Gasteiger partial charge in [0.15, 0.2) is 0 Å². The molecule has 1 fully saturated rings. The Balaban J connectivity index is 2.44. The topological polar surface area (TPSA) is 39.1 Å². The first kappa shape index (κ1) is 10.5. The minimum Gasteiger partial charge on any atom is -0.304 e. The predicted octanol–water partition coefficient (Wildman–Crippen LogP) is 0.972. The highest BCUT2D eigenvalue weighted by atomic mass is 15.2. The molecule has 3 heteroatoms. The molecule has 1 saturated heterocycles. The van der Waals surface area contributed by atoms with Gasteiger partial charge in [-0.2, -0.15) is 5.26 Å². The Morgan fingerprint density at radius 1 is 1.31 bits per heavy atom. The highest BCUT2D eigenvalue weighted by Crippen LogP contribution is 2.13. The second-order valence-corrected chi connectivity index (χ2v) is 3.73. The normalized spacial score (nSPS) is 23.5. The molecule has 2 atom stereocenters. The Morgan fingerprint density at radius 2 is 1.92 bits per heavy atom. The summed E-state index contributed by atoms with van der Waals surface area (Å²) in [5.41, 5.74) is 0. The molecule has 0 aromatic heterocycles. The van der Waals surface area contributed by atoms with Crippen LogP contribution >= 0.6 is 0 Å². The fourth-order valence-electron chi connectivity index (χ4n) is 1.95. The van der Waals surface area contributed by atoms with E-state index in [9.17, 15) is 0 Å². The molecule has 0 spiro atoms. The van der Waals surface area contributed by atoms with E-state index in [0.717, 1.165) is 13.1 Å². The van der Waals surface area contributed by atoms with Crippen molar-refractivity contribution in [3.63, 3.8) is 0 Å². The number of nitriles is 1. The number of piperidine rings is 1. The van der Waals surface area contributed by atoms with Gasteiger partial charge >= 0.3 is 0 Å². The van der Waals surface area contributed by atoms with Crippen LogP contribution in [0.5, 0.6) is 0 Å². The molecule has 0 aromatic rings. The van der Waals surface area contributed by atoms with Crippen molar-refractivity contribution >= 4 is 0 Å². The zero-order valence-electron chi connectivity index (χ0n) is 8.58. The monoisotopic (exact) mass is 181 g/mol. The van der Waals surface area contributed by atoms with E-state index in [1.165, 1.54) is 19.3 Å². The molecule has 0 aliphatic carbocycles. The SMILES string of the molecule is CNC(C#N)C(C)N1CCCCC1. The van der Waals surface area contributed by atoms with E-state index in [2.05, 4.69) is 23.2 Å². The van der Waals surface area contributed by atoms with E-state index < -0.39 is 0 Å². The Kier molecular flexibility index (Phi) is 4.20. The van der Waals surface area contributed by atoms with Crippen molar-refractivity contribution < 1.29 is 0 Å². The molecule has 2 unspecified atom stereocenters. The second kappa shape index (κ2) is 5.21. The first-order chi connectivity index (χ1) is 6.29. The van der Waals surface area contributed by atoms with Gasteiger partial charge in [-0.25, -0.2) is 0 Å². The van der Waals surface area contributed by atoms with Gasteiger partial charge in [0.1, 0.15) is 6.04 Å². The van der Waals surface area contributed by atoms with Crippen LogP contribution in [0.15, 0.2) is 0 Å². The van der Waals surface area contributed by atoms with Crippen molar-refractivity contribution in [2.24, 2.45) is 0 Å². The van der Waals surface area contributed by atoms with Crippen LogP contribution in [0.1, 0.15) is 26.2 Å². The summed E-state index contributed by atoms with van der Waals surface area (Å²) in [6.07, 6.45) is 3.92. The van der Waals surface area contributed by atoms with Gasteiger partial charge in [0, 0.05) is 6.04 Å². The summed E-state index contributed by atoms with van der Waals surface area (Å²) >= 11 is 0. The minimum absolute atomic E-state index is 0.0295. The molecule has 0 radical (unpaired) electrons. The first-order valence-electron chi connectivity index (χ1n) is 5.10. The number of nitrogens with zero attached hydrogens (tertiary/aromatic N) is 2. The summed E-state index contributed by atoms with van der Waals surface area (Å²) < 4.78 is 0. The van der Waals surface area contributed by atoms with Crippen molar-refractivity contribution in [1.82, 2.24) is 10.2 Å². The Morgan fingerprint density at radius 3 is 2.38 bits per heavy atom. The van der Waals surface area contributed by atoms with Gasteiger partial charge in [-0.05, 0) is 39.9 Å². The molecule has 74 valence electrons. The van der Waals surface area contributed by atoms with Crippen LogP contribution in [0.3, 0.4) is 0 Å². The number of nitrogens with one attached hydrogen (secondary N) is 1. The third kappa shape index (κ3) is 2.68. The second-order valence-electron chi connectivity index (χ2n) is 3.73. The van der Waals surface area contributed by atoms with Crippen molar-refractivity contribution in [1.29, 1.82) is 5.26 Å². The Hall–Kier alpha value is -0.590. The average molecular weight is 181 g/mol. The van der Waals surface area contributed by atoms with E-state index in [1.807, 2.05) is 7.05 Å². The van der Waals surface area contributed by atoms with Crippen molar-refractivity contribution in [3.05, 3.63) is 0 Å². The van der Waals surface area contributed by atoms with Crippen molar-refractivity contribution in [2.75, 3.05) is 20.1 Å². The van der Waals surface area contributed by atoms with Crippen molar-refractivity contribution in [3.8, 4) is 6.07 Å². The first-order valence-corrected chi connectivity index (χ1v) is 5.10. The Bertz CT molecular complexity index is 179. The maximum atomic E-state index is 8.89. The summed E-state index contributed by atoms with van der Waals surface area (Å²) in [6.45, 7) is 4.44. The van der Waals surface area contributed by atoms with Crippen molar-refractivity contribution in [2.45, 2.75) is 38.3 Å². The van der Waals surface area contributed by atoms with Gasteiger partial charge in [-0.3, -0.25) is 4.90 Å². The smallest absolute Gasteiger partial charge is 0.110 e. The third-order valence-corrected chi connectivity index (χ3v) is 2.90. The zero-order valence-corrected chi connectivity index (χ0v) is 8.58. The lowest BCUT2D eigenvalue weighted by Gasteiger charge is -2.34.